The largest absolute Gasteiger partial charge is 0.474 e. The fourth-order valence-electron chi connectivity index (χ4n) is 2.10. The highest BCUT2D eigenvalue weighted by Gasteiger charge is 2.30. The molecule has 1 amide bonds. The Bertz CT molecular complexity index is 674. The van der Waals surface area contributed by atoms with E-state index in [1.807, 2.05) is 30.3 Å². The van der Waals surface area contributed by atoms with E-state index >= 15 is 0 Å². The first kappa shape index (κ1) is 14.9. The Morgan fingerprint density at radius 1 is 1.23 bits per heavy atom. The highest BCUT2D eigenvalue weighted by atomic mass is 35.5. The van der Waals surface area contributed by atoms with Crippen molar-refractivity contribution in [3.8, 4) is 5.75 Å². The molecule has 3 rings (SSSR count). The molecule has 2 aromatic rings. The number of nitrogens with one attached hydrogen (secondary N) is 1. The van der Waals surface area contributed by atoms with Crippen molar-refractivity contribution in [1.29, 1.82) is 0 Å². The van der Waals surface area contributed by atoms with Gasteiger partial charge in [0.05, 0.1) is 5.02 Å². The van der Waals surface area contributed by atoms with Crippen LogP contribution in [0.1, 0.15) is 24.5 Å². The number of carbonyl (C=O) groups excluding carboxylic acids is 1. The van der Waals surface area contributed by atoms with Gasteiger partial charge < -0.3 is 10.1 Å². The van der Waals surface area contributed by atoms with Gasteiger partial charge in [-0.1, -0.05) is 41.9 Å². The molecule has 5 heteroatoms. The van der Waals surface area contributed by atoms with E-state index in [1.54, 1.807) is 0 Å². The molecule has 22 heavy (non-hydrogen) atoms. The minimum Gasteiger partial charge on any atom is -0.474 e. The van der Waals surface area contributed by atoms with Crippen LogP contribution >= 0.6 is 11.6 Å². The molecule has 0 spiro atoms. The Kier molecular flexibility index (Phi) is 4.29. The Morgan fingerprint density at radius 2 is 1.95 bits per heavy atom. The molecule has 0 saturated heterocycles. The van der Waals surface area contributed by atoms with Crippen molar-refractivity contribution in [3.63, 3.8) is 0 Å². The van der Waals surface area contributed by atoms with Crippen LogP contribution in [0, 0.1) is 5.82 Å². The van der Waals surface area contributed by atoms with Crippen LogP contribution in [0.3, 0.4) is 0 Å². The molecule has 0 radical (unpaired) electrons. The van der Waals surface area contributed by atoms with Crippen LogP contribution in [0.15, 0.2) is 48.5 Å². The van der Waals surface area contributed by atoms with E-state index in [4.69, 9.17) is 16.3 Å². The monoisotopic (exact) mass is 319 g/mol. The van der Waals surface area contributed by atoms with E-state index < -0.39 is 11.9 Å². The summed E-state index contributed by atoms with van der Waals surface area (Å²) in [5.41, 5.74) is 0.723. The molecule has 1 fully saturated rings. The standard InChI is InChI=1S/C17H15ClFNO2/c18-14-10-12(19)6-9-15(14)22-16(11-4-2-1-3-5-11)17(21)20-13-7-8-13/h1-6,9-10,13,16H,7-8H2,(H,20,21)/t16-/m0/s1. The molecular weight excluding hydrogens is 305 g/mol. The number of carbonyl (C=O) groups is 1. The Hall–Kier alpha value is -2.07. The van der Waals surface area contributed by atoms with E-state index in [1.165, 1.54) is 12.1 Å². The zero-order valence-corrected chi connectivity index (χ0v) is 12.5. The predicted molar refractivity (Wildman–Crippen MR) is 82.4 cm³/mol. The molecule has 0 aromatic heterocycles. The van der Waals surface area contributed by atoms with Gasteiger partial charge in [-0.25, -0.2) is 4.39 Å². The number of ether oxygens (including phenoxy) is 1. The maximum atomic E-state index is 13.1. The summed E-state index contributed by atoms with van der Waals surface area (Å²) in [6.07, 6.45) is 1.17. The first-order valence-electron chi connectivity index (χ1n) is 7.10. The first-order valence-corrected chi connectivity index (χ1v) is 7.48. The lowest BCUT2D eigenvalue weighted by atomic mass is 10.1. The molecule has 114 valence electrons. The van der Waals surface area contributed by atoms with E-state index in [0.29, 0.717) is 0 Å². The topological polar surface area (TPSA) is 38.3 Å². The van der Waals surface area contributed by atoms with E-state index in [2.05, 4.69) is 5.32 Å². The van der Waals surface area contributed by atoms with Crippen LogP contribution in [-0.4, -0.2) is 11.9 Å². The van der Waals surface area contributed by atoms with Crippen LogP contribution in [0.4, 0.5) is 4.39 Å². The average Bonchev–Trinajstić information content (AvgIpc) is 3.31. The fourth-order valence-corrected chi connectivity index (χ4v) is 2.31. The summed E-state index contributed by atoms with van der Waals surface area (Å²) in [7, 11) is 0. The predicted octanol–water partition coefficient (Wildman–Crippen LogP) is 3.88. The van der Waals surface area contributed by atoms with Crippen LogP contribution in [0.25, 0.3) is 0 Å². The van der Waals surface area contributed by atoms with Crippen molar-refractivity contribution in [2.24, 2.45) is 0 Å². The van der Waals surface area contributed by atoms with Crippen molar-refractivity contribution >= 4 is 17.5 Å². The summed E-state index contributed by atoms with van der Waals surface area (Å²) in [6, 6.07) is 13.2. The van der Waals surface area contributed by atoms with E-state index in [0.717, 1.165) is 24.5 Å². The average molecular weight is 320 g/mol. The molecule has 1 aliphatic carbocycles. The molecule has 2 aromatic carbocycles. The van der Waals surface area contributed by atoms with Crippen LogP contribution in [-0.2, 0) is 4.79 Å². The quantitative estimate of drug-likeness (QED) is 0.908. The zero-order valence-electron chi connectivity index (χ0n) is 11.8. The van der Waals surface area contributed by atoms with Gasteiger partial charge in [0, 0.05) is 11.6 Å². The molecular formula is C17H15ClFNO2. The van der Waals surface area contributed by atoms with Crippen molar-refractivity contribution in [1.82, 2.24) is 5.32 Å². The summed E-state index contributed by atoms with van der Waals surface area (Å²) in [6.45, 7) is 0. The first-order chi connectivity index (χ1) is 10.6. The van der Waals surface area contributed by atoms with Crippen LogP contribution < -0.4 is 10.1 Å². The van der Waals surface area contributed by atoms with E-state index in [-0.39, 0.29) is 22.7 Å². The van der Waals surface area contributed by atoms with Gasteiger partial charge in [-0.2, -0.15) is 0 Å². The van der Waals surface area contributed by atoms with Crippen molar-refractivity contribution in [2.75, 3.05) is 0 Å². The third-order valence-electron chi connectivity index (χ3n) is 3.40. The second-order valence-corrected chi connectivity index (χ2v) is 5.67. The van der Waals surface area contributed by atoms with Gasteiger partial charge in [-0.05, 0) is 31.0 Å². The molecule has 0 bridgehead atoms. The van der Waals surface area contributed by atoms with Crippen LogP contribution in [0.5, 0.6) is 5.75 Å². The third-order valence-corrected chi connectivity index (χ3v) is 3.70. The molecule has 1 N–H and O–H groups in total. The molecule has 1 aliphatic rings. The van der Waals surface area contributed by atoms with Crippen molar-refractivity contribution in [2.45, 2.75) is 25.0 Å². The summed E-state index contributed by atoms with van der Waals surface area (Å²) in [5.74, 6) is -0.381. The van der Waals surface area contributed by atoms with Gasteiger partial charge in [0.15, 0.2) is 0 Å². The summed E-state index contributed by atoms with van der Waals surface area (Å²) >= 11 is 5.99. The highest BCUT2D eigenvalue weighted by molar-refractivity contribution is 6.32. The smallest absolute Gasteiger partial charge is 0.266 e. The normalized spacial score (nSPS) is 15.2. The SMILES string of the molecule is O=C(NC1CC1)[C@@H](Oc1ccc(F)cc1Cl)c1ccccc1. The van der Waals surface area contributed by atoms with E-state index in [9.17, 15) is 9.18 Å². The van der Waals surface area contributed by atoms with Gasteiger partial charge in [0.25, 0.3) is 5.91 Å². The van der Waals surface area contributed by atoms with Gasteiger partial charge >= 0.3 is 0 Å². The lowest BCUT2D eigenvalue weighted by Gasteiger charge is -2.19. The Labute approximate surface area is 133 Å². The zero-order chi connectivity index (χ0) is 15.5. The lowest BCUT2D eigenvalue weighted by molar-refractivity contribution is -0.128. The number of hydrogen-bond acceptors (Lipinski definition) is 2. The maximum Gasteiger partial charge on any atom is 0.266 e. The van der Waals surface area contributed by atoms with Crippen molar-refractivity contribution < 1.29 is 13.9 Å². The molecule has 1 saturated carbocycles. The summed E-state index contributed by atoms with van der Waals surface area (Å²) in [4.78, 5) is 12.4. The molecule has 0 aliphatic heterocycles. The van der Waals surface area contributed by atoms with Crippen molar-refractivity contribution in [3.05, 3.63) is 64.9 Å². The Morgan fingerprint density at radius 3 is 2.59 bits per heavy atom. The van der Waals surface area contributed by atoms with Gasteiger partial charge in [-0.3, -0.25) is 4.79 Å². The molecule has 0 heterocycles. The second kappa shape index (κ2) is 6.36. The molecule has 1 atom stereocenters. The third kappa shape index (κ3) is 3.57. The van der Waals surface area contributed by atoms with Gasteiger partial charge in [0.1, 0.15) is 11.6 Å². The summed E-state index contributed by atoms with van der Waals surface area (Å²) in [5, 5.41) is 3.06. The number of hydrogen-bond donors (Lipinski definition) is 1. The minimum atomic E-state index is -0.815. The Balaban J connectivity index is 1.85. The number of rotatable bonds is 5. The van der Waals surface area contributed by atoms with Gasteiger partial charge in [-0.15, -0.1) is 0 Å². The number of benzene rings is 2. The van der Waals surface area contributed by atoms with Gasteiger partial charge in [0.2, 0.25) is 6.10 Å². The number of halogens is 2. The summed E-state index contributed by atoms with van der Waals surface area (Å²) < 4.78 is 18.9. The maximum absolute atomic E-state index is 13.1. The minimum absolute atomic E-state index is 0.139. The van der Waals surface area contributed by atoms with Crippen LogP contribution in [0.2, 0.25) is 5.02 Å². The lowest BCUT2D eigenvalue weighted by Crippen LogP contribution is -2.33. The molecule has 0 unspecified atom stereocenters. The fraction of sp³-hybridized carbons (Fsp3) is 0.235. The number of amides is 1. The molecule has 3 nitrogen and oxygen atoms in total. The second-order valence-electron chi connectivity index (χ2n) is 5.27. The highest BCUT2D eigenvalue weighted by Crippen LogP contribution is 2.30.